The van der Waals surface area contributed by atoms with Crippen LogP contribution < -0.4 is 0 Å². The number of fused-ring (bicyclic) bond motifs is 3. The molecule has 0 aliphatic heterocycles. The molecule has 0 aromatic carbocycles. The molecule has 0 bridgehead atoms. The van der Waals surface area contributed by atoms with Crippen LogP contribution in [0.4, 0.5) is 0 Å². The third kappa shape index (κ3) is 3.20. The van der Waals surface area contributed by atoms with E-state index >= 15 is 0 Å². The van der Waals surface area contributed by atoms with E-state index in [1.807, 2.05) is 0 Å². The summed E-state index contributed by atoms with van der Waals surface area (Å²) in [5.41, 5.74) is 1.63. The Balaban J connectivity index is 1.93. The number of hydrogen-bond donors (Lipinski definition) is 1. The number of hydrogen-bond acceptors (Lipinski definition) is 3. The Bertz CT molecular complexity index is 594. The first-order chi connectivity index (χ1) is 11.6. The summed E-state index contributed by atoms with van der Waals surface area (Å²) in [6.45, 7) is 12.8. The minimum atomic E-state index is -0.311. The van der Waals surface area contributed by atoms with Crippen molar-refractivity contribution in [2.45, 2.75) is 72.3 Å². The largest absolute Gasteiger partial charge is 0.465 e. The summed E-state index contributed by atoms with van der Waals surface area (Å²) < 4.78 is 5.44. The number of carbonyl (C=O) groups is 1. The lowest BCUT2D eigenvalue weighted by Crippen LogP contribution is -2.56. The third-order valence-corrected chi connectivity index (χ3v) is 7.54. The number of ether oxygens (including phenoxy) is 1. The van der Waals surface area contributed by atoms with Gasteiger partial charge in [-0.15, -0.1) is 6.58 Å². The van der Waals surface area contributed by atoms with Crippen molar-refractivity contribution in [3.05, 3.63) is 24.3 Å². The molecule has 3 aliphatic carbocycles. The van der Waals surface area contributed by atoms with Crippen LogP contribution in [0.2, 0.25) is 0 Å². The second kappa shape index (κ2) is 6.26. The second-order valence-corrected chi connectivity index (χ2v) is 9.61. The average molecular weight is 347 g/mol. The minimum Gasteiger partial charge on any atom is -0.465 e. The first kappa shape index (κ1) is 18.7. The van der Waals surface area contributed by atoms with E-state index in [1.165, 1.54) is 6.92 Å². The van der Waals surface area contributed by atoms with Gasteiger partial charge in [-0.1, -0.05) is 38.5 Å². The van der Waals surface area contributed by atoms with Crippen LogP contribution in [0.15, 0.2) is 24.3 Å². The van der Waals surface area contributed by atoms with Crippen molar-refractivity contribution in [2.75, 3.05) is 6.61 Å². The molecule has 2 saturated carbocycles. The van der Waals surface area contributed by atoms with Gasteiger partial charge >= 0.3 is 5.97 Å². The zero-order valence-electron chi connectivity index (χ0n) is 16.3. The van der Waals surface area contributed by atoms with Gasteiger partial charge in [0, 0.05) is 17.8 Å². The van der Waals surface area contributed by atoms with Crippen LogP contribution in [0.1, 0.15) is 66.2 Å². The molecule has 0 heterocycles. The molecule has 0 unspecified atom stereocenters. The van der Waals surface area contributed by atoms with Gasteiger partial charge in [0.15, 0.2) is 0 Å². The average Bonchev–Trinajstić information content (AvgIpc) is 2.52. The van der Waals surface area contributed by atoms with E-state index in [2.05, 4.69) is 39.5 Å². The van der Waals surface area contributed by atoms with Crippen LogP contribution in [0.3, 0.4) is 0 Å². The molecule has 0 spiro atoms. The van der Waals surface area contributed by atoms with E-state index in [1.54, 1.807) is 5.57 Å². The predicted octanol–water partition coefficient (Wildman–Crippen LogP) is 4.66. The quantitative estimate of drug-likeness (QED) is 0.597. The standard InChI is InChI=1S/C22H34O3/c1-6-20(3)10-9-18-16(11-20)7-8-19-21(4,14-25-15(2)23)12-17(24)13-22(18,19)5/h6,11,17-19,24H,1,7-10,12-14H2,2-5H3/t17-,18+,19+,20+,21+,22-/m0/s1. The Morgan fingerprint density at radius 1 is 1.36 bits per heavy atom. The van der Waals surface area contributed by atoms with Crippen molar-refractivity contribution >= 4 is 5.97 Å². The molecule has 3 heteroatoms. The highest BCUT2D eigenvalue weighted by molar-refractivity contribution is 5.65. The third-order valence-electron chi connectivity index (χ3n) is 7.54. The van der Waals surface area contributed by atoms with Crippen LogP contribution in [0, 0.1) is 28.1 Å². The van der Waals surface area contributed by atoms with Crippen LogP contribution in [-0.4, -0.2) is 23.8 Å². The van der Waals surface area contributed by atoms with E-state index in [9.17, 15) is 9.90 Å². The Morgan fingerprint density at radius 3 is 2.72 bits per heavy atom. The summed E-state index contributed by atoms with van der Waals surface area (Å²) in [6, 6.07) is 0. The summed E-state index contributed by atoms with van der Waals surface area (Å²) in [7, 11) is 0. The molecule has 6 atom stereocenters. The highest BCUT2D eigenvalue weighted by Crippen LogP contribution is 2.63. The first-order valence-corrected chi connectivity index (χ1v) is 9.78. The maximum atomic E-state index is 11.4. The molecule has 25 heavy (non-hydrogen) atoms. The van der Waals surface area contributed by atoms with Gasteiger partial charge in [0.25, 0.3) is 0 Å². The summed E-state index contributed by atoms with van der Waals surface area (Å²) in [5, 5.41) is 10.7. The van der Waals surface area contributed by atoms with E-state index in [-0.39, 0.29) is 28.3 Å². The summed E-state index contributed by atoms with van der Waals surface area (Å²) in [4.78, 5) is 11.4. The van der Waals surface area contributed by atoms with Crippen molar-refractivity contribution in [1.82, 2.24) is 0 Å². The van der Waals surface area contributed by atoms with Gasteiger partial charge in [0.2, 0.25) is 0 Å². The van der Waals surface area contributed by atoms with Gasteiger partial charge in [-0.2, -0.15) is 0 Å². The first-order valence-electron chi connectivity index (χ1n) is 9.78. The molecule has 0 amide bonds. The van der Waals surface area contributed by atoms with Gasteiger partial charge in [0.1, 0.15) is 0 Å². The SMILES string of the molecule is C=C[C@@]1(C)C=C2CC[C@@H]3[C@@](C)(COC(C)=O)C[C@H](O)C[C@@]3(C)[C@@H]2CC1. The number of esters is 1. The number of aliphatic hydroxyl groups is 1. The fourth-order valence-corrected chi connectivity index (χ4v) is 6.40. The van der Waals surface area contributed by atoms with Gasteiger partial charge in [-0.05, 0) is 55.8 Å². The molecule has 3 rings (SSSR count). The van der Waals surface area contributed by atoms with Gasteiger partial charge in [-0.25, -0.2) is 0 Å². The van der Waals surface area contributed by atoms with Gasteiger partial charge in [0.05, 0.1) is 12.7 Å². The van der Waals surface area contributed by atoms with Crippen LogP contribution in [0.25, 0.3) is 0 Å². The zero-order chi connectivity index (χ0) is 18.5. The number of aliphatic hydroxyl groups excluding tert-OH is 1. The van der Waals surface area contributed by atoms with Crippen molar-refractivity contribution in [3.8, 4) is 0 Å². The van der Waals surface area contributed by atoms with E-state index in [0.29, 0.717) is 18.4 Å². The van der Waals surface area contributed by atoms with E-state index in [4.69, 9.17) is 4.74 Å². The van der Waals surface area contributed by atoms with Crippen molar-refractivity contribution in [1.29, 1.82) is 0 Å². The molecule has 2 fully saturated rings. The number of allylic oxidation sites excluding steroid dienone is 3. The van der Waals surface area contributed by atoms with Crippen molar-refractivity contribution < 1.29 is 14.6 Å². The topological polar surface area (TPSA) is 46.5 Å². The maximum absolute atomic E-state index is 11.4. The molecule has 140 valence electrons. The monoisotopic (exact) mass is 346 g/mol. The van der Waals surface area contributed by atoms with Gasteiger partial charge < -0.3 is 9.84 Å². The Hall–Kier alpha value is -1.09. The molecule has 1 N–H and O–H groups in total. The lowest BCUT2D eigenvalue weighted by atomic mass is 9.45. The summed E-state index contributed by atoms with van der Waals surface area (Å²) in [6.07, 6.45) is 10.4. The lowest BCUT2D eigenvalue weighted by molar-refractivity contribution is -0.162. The van der Waals surface area contributed by atoms with E-state index in [0.717, 1.165) is 38.5 Å². The lowest BCUT2D eigenvalue weighted by Gasteiger charge is -2.61. The molecular weight excluding hydrogens is 312 g/mol. The van der Waals surface area contributed by atoms with Gasteiger partial charge in [-0.3, -0.25) is 4.79 Å². The highest BCUT2D eigenvalue weighted by atomic mass is 16.5. The maximum Gasteiger partial charge on any atom is 0.302 e. The predicted molar refractivity (Wildman–Crippen MR) is 99.9 cm³/mol. The smallest absolute Gasteiger partial charge is 0.302 e. The molecular formula is C22H34O3. The molecule has 0 aromatic heterocycles. The molecule has 3 nitrogen and oxygen atoms in total. The van der Waals surface area contributed by atoms with Crippen molar-refractivity contribution in [2.24, 2.45) is 28.1 Å². The van der Waals surface area contributed by atoms with Crippen LogP contribution >= 0.6 is 0 Å². The molecule has 0 aromatic rings. The zero-order valence-corrected chi connectivity index (χ0v) is 16.3. The normalized spacial score (nSPS) is 46.4. The van der Waals surface area contributed by atoms with Crippen LogP contribution in [0.5, 0.6) is 0 Å². The Labute approximate surface area is 152 Å². The van der Waals surface area contributed by atoms with E-state index < -0.39 is 0 Å². The van der Waals surface area contributed by atoms with Crippen molar-refractivity contribution in [3.63, 3.8) is 0 Å². The fraction of sp³-hybridized carbons (Fsp3) is 0.773. The molecule has 0 radical (unpaired) electrons. The number of carbonyl (C=O) groups excluding carboxylic acids is 1. The number of rotatable bonds is 3. The molecule has 0 saturated heterocycles. The minimum absolute atomic E-state index is 0.0825. The Morgan fingerprint density at radius 2 is 2.08 bits per heavy atom. The van der Waals surface area contributed by atoms with Crippen LogP contribution in [-0.2, 0) is 9.53 Å². The second-order valence-electron chi connectivity index (χ2n) is 9.61. The molecule has 3 aliphatic rings. The Kier molecular flexibility index (Phi) is 4.68. The summed E-state index contributed by atoms with van der Waals surface area (Å²) >= 11 is 0. The fourth-order valence-electron chi connectivity index (χ4n) is 6.40. The highest BCUT2D eigenvalue weighted by Gasteiger charge is 2.58. The summed E-state index contributed by atoms with van der Waals surface area (Å²) in [5.74, 6) is 0.794.